The first-order valence-corrected chi connectivity index (χ1v) is 10.7. The van der Waals surface area contributed by atoms with Crippen molar-refractivity contribution >= 4 is 11.9 Å². The minimum absolute atomic E-state index is 0.0391. The van der Waals surface area contributed by atoms with E-state index in [1.807, 2.05) is 20.8 Å². The molecule has 0 saturated heterocycles. The van der Waals surface area contributed by atoms with E-state index in [1.54, 1.807) is 0 Å². The normalized spacial score (nSPS) is 20.6. The Bertz CT molecular complexity index is 403. The molecule has 0 N–H and O–H groups in total. The van der Waals surface area contributed by atoms with Crippen molar-refractivity contribution in [3.63, 3.8) is 0 Å². The van der Waals surface area contributed by atoms with Crippen LogP contribution in [0.5, 0.6) is 0 Å². The Morgan fingerprint density at radius 2 is 1.23 bits per heavy atom. The predicted octanol–water partition coefficient (Wildman–Crippen LogP) is 5.82. The summed E-state index contributed by atoms with van der Waals surface area (Å²) < 4.78 is 10.9. The highest BCUT2D eigenvalue weighted by molar-refractivity contribution is 5.75. The van der Waals surface area contributed by atoms with Gasteiger partial charge in [-0.15, -0.1) is 0 Å². The van der Waals surface area contributed by atoms with E-state index in [1.165, 1.54) is 38.5 Å². The van der Waals surface area contributed by atoms with E-state index < -0.39 is 5.60 Å². The van der Waals surface area contributed by atoms with E-state index in [2.05, 4.69) is 6.92 Å². The Morgan fingerprint density at radius 3 is 1.73 bits per heavy atom. The van der Waals surface area contributed by atoms with Crippen molar-refractivity contribution < 1.29 is 19.1 Å². The number of unbranched alkanes of at least 4 members (excludes halogenated alkanes) is 7. The van der Waals surface area contributed by atoms with Gasteiger partial charge in [-0.25, -0.2) is 0 Å². The van der Waals surface area contributed by atoms with Gasteiger partial charge in [-0.3, -0.25) is 9.59 Å². The molecule has 0 spiro atoms. The van der Waals surface area contributed by atoms with Crippen LogP contribution in [0.25, 0.3) is 0 Å². The summed E-state index contributed by atoms with van der Waals surface area (Å²) >= 11 is 0. The van der Waals surface area contributed by atoms with Crippen molar-refractivity contribution in [1.82, 2.24) is 0 Å². The second-order valence-corrected chi connectivity index (χ2v) is 8.72. The average molecular weight is 369 g/mol. The molecule has 0 bridgehead atoms. The topological polar surface area (TPSA) is 52.6 Å². The Kier molecular flexibility index (Phi) is 10.9. The lowest BCUT2D eigenvalue weighted by Crippen LogP contribution is -2.32. The molecule has 1 rings (SSSR count). The monoisotopic (exact) mass is 368 g/mol. The molecule has 4 nitrogen and oxygen atoms in total. The first-order chi connectivity index (χ1) is 12.3. The Morgan fingerprint density at radius 1 is 0.769 bits per heavy atom. The highest BCUT2D eigenvalue weighted by atomic mass is 16.6. The van der Waals surface area contributed by atoms with Gasteiger partial charge in [0.1, 0.15) is 5.60 Å². The highest BCUT2D eigenvalue weighted by Crippen LogP contribution is 2.31. The summed E-state index contributed by atoms with van der Waals surface area (Å²) in [6, 6.07) is 0. The van der Waals surface area contributed by atoms with Crippen LogP contribution in [0.2, 0.25) is 0 Å². The fraction of sp³-hybridized carbons (Fsp3) is 0.909. The van der Waals surface area contributed by atoms with Crippen molar-refractivity contribution in [2.45, 2.75) is 110 Å². The van der Waals surface area contributed by atoms with Crippen LogP contribution in [-0.4, -0.2) is 24.1 Å². The molecule has 152 valence electrons. The van der Waals surface area contributed by atoms with Crippen LogP contribution in [0.15, 0.2) is 0 Å². The third-order valence-electron chi connectivity index (χ3n) is 5.04. The van der Waals surface area contributed by atoms with Gasteiger partial charge in [0.25, 0.3) is 0 Å². The molecule has 0 aromatic heterocycles. The van der Waals surface area contributed by atoms with E-state index in [0.717, 1.165) is 38.5 Å². The molecule has 0 amide bonds. The molecule has 0 atom stereocenters. The SMILES string of the molecule is CCCCCCCCCCOC(=O)C1CCC(C(=O)OC(C)(C)C)CC1. The Labute approximate surface area is 160 Å². The summed E-state index contributed by atoms with van der Waals surface area (Å²) in [6.45, 7) is 8.44. The summed E-state index contributed by atoms with van der Waals surface area (Å²) in [5.74, 6) is -0.299. The lowest BCUT2D eigenvalue weighted by molar-refractivity contribution is -0.163. The van der Waals surface area contributed by atoms with Crippen LogP contribution < -0.4 is 0 Å². The van der Waals surface area contributed by atoms with Gasteiger partial charge in [-0.05, 0) is 52.9 Å². The van der Waals surface area contributed by atoms with Crippen LogP contribution in [0, 0.1) is 11.8 Å². The van der Waals surface area contributed by atoms with E-state index in [0.29, 0.717) is 6.61 Å². The van der Waals surface area contributed by atoms with Crippen molar-refractivity contribution in [3.05, 3.63) is 0 Å². The summed E-state index contributed by atoms with van der Waals surface area (Å²) in [4.78, 5) is 24.3. The smallest absolute Gasteiger partial charge is 0.309 e. The number of carbonyl (C=O) groups is 2. The number of esters is 2. The number of carbonyl (C=O) groups excluding carboxylic acids is 2. The third-order valence-corrected chi connectivity index (χ3v) is 5.04. The fourth-order valence-electron chi connectivity index (χ4n) is 3.48. The summed E-state index contributed by atoms with van der Waals surface area (Å²) in [5, 5.41) is 0. The van der Waals surface area contributed by atoms with Gasteiger partial charge < -0.3 is 9.47 Å². The molecule has 4 heteroatoms. The molecule has 0 unspecified atom stereocenters. The quantitative estimate of drug-likeness (QED) is 0.341. The lowest BCUT2D eigenvalue weighted by Gasteiger charge is -2.28. The molecule has 0 aromatic carbocycles. The number of hydrogen-bond donors (Lipinski definition) is 0. The molecule has 1 fully saturated rings. The molecular formula is C22H40O4. The maximum Gasteiger partial charge on any atom is 0.309 e. The second-order valence-electron chi connectivity index (χ2n) is 8.72. The predicted molar refractivity (Wildman–Crippen MR) is 105 cm³/mol. The molecule has 1 aliphatic carbocycles. The first kappa shape index (κ1) is 23.0. The number of ether oxygens (including phenoxy) is 2. The highest BCUT2D eigenvalue weighted by Gasteiger charge is 2.33. The number of rotatable bonds is 11. The molecular weight excluding hydrogens is 328 g/mol. The van der Waals surface area contributed by atoms with Gasteiger partial charge in [-0.2, -0.15) is 0 Å². The molecule has 0 aliphatic heterocycles. The minimum Gasteiger partial charge on any atom is -0.465 e. The largest absolute Gasteiger partial charge is 0.465 e. The van der Waals surface area contributed by atoms with Gasteiger partial charge in [-0.1, -0.05) is 51.9 Å². The van der Waals surface area contributed by atoms with Crippen molar-refractivity contribution in [3.8, 4) is 0 Å². The van der Waals surface area contributed by atoms with E-state index in [9.17, 15) is 9.59 Å². The molecule has 0 radical (unpaired) electrons. The Balaban J connectivity index is 2.08. The maximum atomic E-state index is 12.2. The molecule has 1 aliphatic rings. The zero-order chi connectivity index (χ0) is 19.4. The van der Waals surface area contributed by atoms with Crippen LogP contribution in [0.4, 0.5) is 0 Å². The zero-order valence-electron chi connectivity index (χ0n) is 17.5. The van der Waals surface area contributed by atoms with Gasteiger partial charge in [0.05, 0.1) is 18.4 Å². The molecule has 26 heavy (non-hydrogen) atoms. The summed E-state index contributed by atoms with van der Waals surface area (Å²) in [7, 11) is 0. The van der Waals surface area contributed by atoms with Crippen molar-refractivity contribution in [2.75, 3.05) is 6.61 Å². The average Bonchev–Trinajstić information content (AvgIpc) is 2.59. The van der Waals surface area contributed by atoms with Crippen molar-refractivity contribution in [2.24, 2.45) is 11.8 Å². The molecule has 0 heterocycles. The third kappa shape index (κ3) is 10.2. The fourth-order valence-corrected chi connectivity index (χ4v) is 3.48. The molecule has 0 aromatic rings. The van der Waals surface area contributed by atoms with E-state index >= 15 is 0 Å². The summed E-state index contributed by atoms with van der Waals surface area (Å²) in [6.07, 6.45) is 12.9. The van der Waals surface area contributed by atoms with Crippen molar-refractivity contribution in [1.29, 1.82) is 0 Å². The molecule has 1 saturated carbocycles. The number of hydrogen-bond acceptors (Lipinski definition) is 4. The van der Waals surface area contributed by atoms with Crippen LogP contribution in [0.1, 0.15) is 105 Å². The zero-order valence-corrected chi connectivity index (χ0v) is 17.5. The maximum absolute atomic E-state index is 12.2. The summed E-state index contributed by atoms with van der Waals surface area (Å²) in [5.41, 5.74) is -0.442. The van der Waals surface area contributed by atoms with Gasteiger partial charge >= 0.3 is 11.9 Å². The minimum atomic E-state index is -0.442. The first-order valence-electron chi connectivity index (χ1n) is 10.7. The van der Waals surface area contributed by atoms with Gasteiger partial charge in [0.2, 0.25) is 0 Å². The second kappa shape index (κ2) is 12.3. The van der Waals surface area contributed by atoms with Crippen LogP contribution in [0.3, 0.4) is 0 Å². The van der Waals surface area contributed by atoms with Gasteiger partial charge in [0, 0.05) is 0 Å². The van der Waals surface area contributed by atoms with E-state index in [4.69, 9.17) is 9.47 Å². The van der Waals surface area contributed by atoms with E-state index in [-0.39, 0.29) is 23.8 Å². The van der Waals surface area contributed by atoms with Crippen LogP contribution >= 0.6 is 0 Å². The Hall–Kier alpha value is -1.06. The standard InChI is InChI=1S/C22H40O4/c1-5-6-7-8-9-10-11-12-17-25-20(23)18-13-15-19(16-14-18)21(24)26-22(2,3)4/h18-19H,5-17H2,1-4H3. The lowest BCUT2D eigenvalue weighted by atomic mass is 9.82. The van der Waals surface area contributed by atoms with Gasteiger partial charge in [0.15, 0.2) is 0 Å². The van der Waals surface area contributed by atoms with Crippen LogP contribution in [-0.2, 0) is 19.1 Å².